The number of methoxy groups -OCH3 is 2. The van der Waals surface area contributed by atoms with Gasteiger partial charge < -0.3 is 14.6 Å². The molecule has 0 radical (unpaired) electrons. The van der Waals surface area contributed by atoms with Gasteiger partial charge in [0.2, 0.25) is 5.75 Å². The average Bonchev–Trinajstić information content (AvgIpc) is 2.98. The van der Waals surface area contributed by atoms with Gasteiger partial charge in [0.15, 0.2) is 22.5 Å². The first-order chi connectivity index (χ1) is 14.0. The summed E-state index contributed by atoms with van der Waals surface area (Å²) >= 11 is 1.25. The largest absolute Gasteiger partial charge is 0.502 e. The normalized spacial score (nSPS) is 16.5. The van der Waals surface area contributed by atoms with Gasteiger partial charge in [0.25, 0.3) is 5.91 Å². The Morgan fingerprint density at radius 3 is 2.55 bits per heavy atom. The number of rotatable bonds is 6. The van der Waals surface area contributed by atoms with Crippen LogP contribution in [0.15, 0.2) is 52.9 Å². The van der Waals surface area contributed by atoms with Gasteiger partial charge in [-0.15, -0.1) is 6.58 Å². The van der Waals surface area contributed by atoms with E-state index in [0.29, 0.717) is 28.0 Å². The number of hydrogen-bond acceptors (Lipinski definition) is 7. The van der Waals surface area contributed by atoms with E-state index in [1.165, 1.54) is 26.0 Å². The molecule has 29 heavy (non-hydrogen) atoms. The minimum absolute atomic E-state index is 0.0939. The van der Waals surface area contributed by atoms with Crippen molar-refractivity contribution in [2.75, 3.05) is 20.8 Å². The molecule has 1 aliphatic heterocycles. The van der Waals surface area contributed by atoms with Crippen LogP contribution in [0.3, 0.4) is 0 Å². The number of aryl methyl sites for hydroxylation is 1. The Balaban J connectivity index is 2.00. The van der Waals surface area contributed by atoms with Gasteiger partial charge in [-0.1, -0.05) is 12.1 Å². The van der Waals surface area contributed by atoms with Crippen molar-refractivity contribution in [2.24, 2.45) is 4.99 Å². The number of thioether (sulfide) groups is 1. The monoisotopic (exact) mass is 411 g/mol. The highest BCUT2D eigenvalue weighted by atomic mass is 32.2. The van der Waals surface area contributed by atoms with Crippen LogP contribution in [-0.2, 0) is 4.79 Å². The molecule has 1 fully saturated rings. The first-order valence-corrected chi connectivity index (χ1v) is 9.58. The van der Waals surface area contributed by atoms with E-state index in [9.17, 15) is 9.90 Å². The van der Waals surface area contributed by atoms with Crippen molar-refractivity contribution in [2.45, 2.75) is 6.92 Å². The Bertz CT molecular complexity index is 992. The second kappa shape index (κ2) is 8.83. The van der Waals surface area contributed by atoms with E-state index >= 15 is 0 Å². The summed E-state index contributed by atoms with van der Waals surface area (Å²) in [5.74, 6) is 0.763. The number of carbonyl (C=O) groups excluding carboxylic acids is 1. The van der Waals surface area contributed by atoms with E-state index in [1.807, 2.05) is 19.1 Å². The van der Waals surface area contributed by atoms with E-state index in [1.54, 1.807) is 35.3 Å². The molecule has 7 nitrogen and oxygen atoms in total. The van der Waals surface area contributed by atoms with E-state index in [4.69, 9.17) is 9.47 Å². The zero-order valence-corrected chi connectivity index (χ0v) is 17.2. The number of ether oxygens (including phenoxy) is 2. The molecular formula is C21H21N3O4S. The predicted octanol–water partition coefficient (Wildman–Crippen LogP) is 3.90. The van der Waals surface area contributed by atoms with Gasteiger partial charge in [0.05, 0.1) is 19.1 Å². The van der Waals surface area contributed by atoms with E-state index in [-0.39, 0.29) is 23.2 Å². The first kappa shape index (κ1) is 20.5. The molecule has 1 aliphatic rings. The number of benzene rings is 1. The maximum absolute atomic E-state index is 12.9. The summed E-state index contributed by atoms with van der Waals surface area (Å²) < 4.78 is 10.4. The topological polar surface area (TPSA) is 84.2 Å². The van der Waals surface area contributed by atoms with Gasteiger partial charge in [-0.05, 0) is 54.6 Å². The number of pyridine rings is 1. The number of aliphatic imine (C=N–C) groups is 1. The second-order valence-electron chi connectivity index (χ2n) is 6.12. The number of nitrogens with zero attached hydrogens (tertiary/aromatic N) is 3. The molecule has 3 rings (SSSR count). The van der Waals surface area contributed by atoms with Crippen LogP contribution in [-0.4, -0.2) is 46.8 Å². The maximum atomic E-state index is 12.9. The number of phenols is 1. The van der Waals surface area contributed by atoms with Crippen LogP contribution < -0.4 is 9.47 Å². The summed E-state index contributed by atoms with van der Waals surface area (Å²) in [6, 6.07) is 8.80. The smallest absolute Gasteiger partial charge is 0.267 e. The van der Waals surface area contributed by atoms with Gasteiger partial charge in [-0.3, -0.25) is 9.69 Å². The van der Waals surface area contributed by atoms with Crippen LogP contribution in [0.2, 0.25) is 0 Å². The number of amides is 1. The molecule has 1 amide bonds. The molecule has 1 aromatic heterocycles. The van der Waals surface area contributed by atoms with Crippen molar-refractivity contribution >= 4 is 34.7 Å². The van der Waals surface area contributed by atoms with Crippen molar-refractivity contribution < 1.29 is 19.4 Å². The Morgan fingerprint density at radius 2 is 1.97 bits per heavy atom. The van der Waals surface area contributed by atoms with Crippen LogP contribution in [0, 0.1) is 6.92 Å². The molecule has 0 saturated carbocycles. The fourth-order valence-electron chi connectivity index (χ4n) is 2.72. The number of aromatic hydroxyl groups is 1. The zero-order valence-electron chi connectivity index (χ0n) is 16.4. The predicted molar refractivity (Wildman–Crippen MR) is 115 cm³/mol. The fourth-order valence-corrected chi connectivity index (χ4v) is 3.71. The molecular weight excluding hydrogens is 390 g/mol. The Morgan fingerprint density at radius 1 is 1.28 bits per heavy atom. The first-order valence-electron chi connectivity index (χ1n) is 8.76. The third-order valence-electron chi connectivity index (χ3n) is 4.08. The number of aromatic nitrogens is 1. The summed E-state index contributed by atoms with van der Waals surface area (Å²) in [6.07, 6.45) is 3.35. The molecule has 0 aliphatic carbocycles. The average molecular weight is 411 g/mol. The minimum atomic E-state index is -0.188. The summed E-state index contributed by atoms with van der Waals surface area (Å²) in [4.78, 5) is 23.9. The lowest BCUT2D eigenvalue weighted by molar-refractivity contribution is -0.121. The molecule has 0 atom stereocenters. The number of carbonyl (C=O) groups is 1. The number of phenolic OH excluding ortho intramolecular Hbond substituents is 1. The number of hydrogen-bond donors (Lipinski definition) is 1. The lowest BCUT2D eigenvalue weighted by atomic mass is 10.1. The highest BCUT2D eigenvalue weighted by Gasteiger charge is 2.32. The third-order valence-corrected chi connectivity index (χ3v) is 5.09. The second-order valence-corrected chi connectivity index (χ2v) is 7.13. The Labute approximate surface area is 173 Å². The van der Waals surface area contributed by atoms with Gasteiger partial charge in [-0.25, -0.2) is 9.98 Å². The third kappa shape index (κ3) is 4.43. The molecule has 0 bridgehead atoms. The van der Waals surface area contributed by atoms with Crippen molar-refractivity contribution in [1.29, 1.82) is 0 Å². The van der Waals surface area contributed by atoms with Crippen LogP contribution in [0.1, 0.15) is 11.3 Å². The molecule has 0 spiro atoms. The summed E-state index contributed by atoms with van der Waals surface area (Å²) in [5.41, 5.74) is 1.50. The van der Waals surface area contributed by atoms with Gasteiger partial charge in [-0.2, -0.15) is 0 Å². The molecule has 2 heterocycles. The molecule has 2 aromatic rings. The number of amidine groups is 1. The van der Waals surface area contributed by atoms with Gasteiger partial charge >= 0.3 is 0 Å². The van der Waals surface area contributed by atoms with Crippen molar-refractivity contribution in [3.8, 4) is 17.2 Å². The lowest BCUT2D eigenvalue weighted by Gasteiger charge is -2.12. The summed E-state index contributed by atoms with van der Waals surface area (Å²) in [7, 11) is 2.90. The van der Waals surface area contributed by atoms with Crippen LogP contribution in [0.25, 0.3) is 6.08 Å². The lowest BCUT2D eigenvalue weighted by Crippen LogP contribution is -2.29. The SMILES string of the molecule is C=CCN1C(=O)/C(=C/c2cc(OC)c(O)c(OC)c2)S/C1=N/c1cccc(C)n1. The van der Waals surface area contributed by atoms with Crippen LogP contribution in [0.4, 0.5) is 5.82 Å². The van der Waals surface area contributed by atoms with Crippen LogP contribution in [0.5, 0.6) is 17.2 Å². The quantitative estimate of drug-likeness (QED) is 0.573. The minimum Gasteiger partial charge on any atom is -0.502 e. The van der Waals surface area contributed by atoms with Gasteiger partial charge in [0.1, 0.15) is 0 Å². The molecule has 1 aromatic carbocycles. The van der Waals surface area contributed by atoms with Crippen LogP contribution >= 0.6 is 11.8 Å². The van der Waals surface area contributed by atoms with Gasteiger partial charge in [0, 0.05) is 12.2 Å². The highest BCUT2D eigenvalue weighted by molar-refractivity contribution is 8.18. The summed E-state index contributed by atoms with van der Waals surface area (Å²) in [5, 5.41) is 10.6. The Hall–Kier alpha value is -3.26. The van der Waals surface area contributed by atoms with Crippen molar-refractivity contribution in [1.82, 2.24) is 9.88 Å². The fraction of sp³-hybridized carbons (Fsp3) is 0.190. The van der Waals surface area contributed by atoms with E-state index in [0.717, 1.165) is 5.69 Å². The highest BCUT2D eigenvalue weighted by Crippen LogP contribution is 2.39. The maximum Gasteiger partial charge on any atom is 0.267 e. The van der Waals surface area contributed by atoms with Crippen molar-refractivity contribution in [3.63, 3.8) is 0 Å². The Kier molecular flexibility index (Phi) is 6.23. The molecule has 8 heteroatoms. The van der Waals surface area contributed by atoms with Crippen molar-refractivity contribution in [3.05, 3.63) is 59.1 Å². The molecule has 0 unspecified atom stereocenters. The zero-order chi connectivity index (χ0) is 21.0. The molecule has 1 N–H and O–H groups in total. The molecule has 150 valence electrons. The van der Waals surface area contributed by atoms with E-state index < -0.39 is 0 Å². The molecule has 1 saturated heterocycles. The summed E-state index contributed by atoms with van der Waals surface area (Å²) in [6.45, 7) is 5.94. The standard InChI is InChI=1S/C21H21N3O4S/c1-5-9-24-20(26)17(29-21(24)23-18-8-6-7-13(2)22-18)12-14-10-15(27-3)19(25)16(11-14)28-4/h5-8,10-12,25H,1,9H2,2-4H3/b17-12-,23-21+. The van der Waals surface area contributed by atoms with E-state index in [2.05, 4.69) is 16.6 Å².